The summed E-state index contributed by atoms with van der Waals surface area (Å²) in [7, 11) is 2.78. The number of ether oxygens (including phenoxy) is 3. The Labute approximate surface area is 193 Å². The van der Waals surface area contributed by atoms with E-state index in [0.717, 1.165) is 0 Å². The molecule has 1 amide bonds. The number of pyridine rings is 1. The molecule has 0 aliphatic carbocycles. The van der Waals surface area contributed by atoms with Crippen LogP contribution in [0.3, 0.4) is 0 Å². The number of carbonyl (C=O) groups is 2. The second kappa shape index (κ2) is 10.3. The van der Waals surface area contributed by atoms with E-state index in [4.69, 9.17) is 14.2 Å². The molecule has 8 nitrogen and oxygen atoms in total. The second-order valence-electron chi connectivity index (χ2n) is 9.18. The molecule has 33 heavy (non-hydrogen) atoms. The molecule has 1 aromatic heterocycles. The fraction of sp³-hybridized carbons (Fsp3) is 0.542. The molecule has 1 aromatic carbocycles. The molecule has 1 N–H and O–H groups in total. The maximum atomic E-state index is 15.0. The largest absolute Gasteiger partial charge is 0.481 e. The minimum atomic E-state index is -0.853. The lowest BCUT2D eigenvalue weighted by Gasteiger charge is -2.34. The van der Waals surface area contributed by atoms with E-state index in [0.29, 0.717) is 42.7 Å². The Bertz CT molecular complexity index is 999. The van der Waals surface area contributed by atoms with Gasteiger partial charge in [-0.2, -0.15) is 0 Å². The van der Waals surface area contributed by atoms with Gasteiger partial charge in [-0.25, -0.2) is 14.2 Å². The Balaban J connectivity index is 1.75. The summed E-state index contributed by atoms with van der Waals surface area (Å²) in [6, 6.07) is 6.43. The van der Waals surface area contributed by atoms with Crippen LogP contribution in [0.25, 0.3) is 10.9 Å². The summed E-state index contributed by atoms with van der Waals surface area (Å²) in [6.07, 6.45) is 0.945. The molecule has 1 aliphatic heterocycles. The number of nitrogens with one attached hydrogen (secondary N) is 1. The molecule has 1 atom stereocenters. The first-order chi connectivity index (χ1) is 15.6. The molecule has 180 valence electrons. The quantitative estimate of drug-likeness (QED) is 0.657. The molecule has 1 aliphatic rings. The van der Waals surface area contributed by atoms with Crippen molar-refractivity contribution in [2.45, 2.75) is 51.2 Å². The molecule has 0 saturated carbocycles. The Morgan fingerprint density at radius 3 is 2.45 bits per heavy atom. The summed E-state index contributed by atoms with van der Waals surface area (Å²) in [6.45, 7) is 7.01. The lowest BCUT2D eigenvalue weighted by molar-refractivity contribution is -0.143. The van der Waals surface area contributed by atoms with Crippen molar-refractivity contribution in [2.75, 3.05) is 33.9 Å². The Morgan fingerprint density at radius 2 is 1.85 bits per heavy atom. The van der Waals surface area contributed by atoms with Crippen molar-refractivity contribution in [3.8, 4) is 5.88 Å². The SMILES string of the molecule is COC(=O)C(CN1CCC(NC(=O)OC(C)(C)C)CC1)c1c(F)ccc2ccc(OC)nc12. The number of hydrogen-bond donors (Lipinski definition) is 1. The molecule has 1 unspecified atom stereocenters. The van der Waals surface area contributed by atoms with Crippen molar-refractivity contribution >= 4 is 23.0 Å². The van der Waals surface area contributed by atoms with E-state index in [1.807, 2.05) is 20.8 Å². The Hall–Kier alpha value is -2.94. The number of likely N-dealkylation sites (tertiary alicyclic amines) is 1. The number of hydrogen-bond acceptors (Lipinski definition) is 7. The van der Waals surface area contributed by atoms with Gasteiger partial charge in [0, 0.05) is 42.7 Å². The zero-order chi connectivity index (χ0) is 24.2. The van der Waals surface area contributed by atoms with Gasteiger partial charge in [0.05, 0.1) is 25.7 Å². The molecule has 0 spiro atoms. The van der Waals surface area contributed by atoms with Crippen LogP contribution in [-0.4, -0.2) is 67.4 Å². The maximum absolute atomic E-state index is 15.0. The first kappa shape index (κ1) is 24.7. The summed E-state index contributed by atoms with van der Waals surface area (Å²) >= 11 is 0. The zero-order valence-corrected chi connectivity index (χ0v) is 19.8. The van der Waals surface area contributed by atoms with Gasteiger partial charge in [0.15, 0.2) is 0 Å². The number of benzene rings is 1. The monoisotopic (exact) mass is 461 g/mol. The van der Waals surface area contributed by atoms with E-state index in [9.17, 15) is 9.59 Å². The van der Waals surface area contributed by atoms with Crippen LogP contribution in [0.15, 0.2) is 24.3 Å². The molecule has 3 rings (SSSR count). The smallest absolute Gasteiger partial charge is 0.407 e. The number of rotatable bonds is 6. The molecule has 1 saturated heterocycles. The van der Waals surface area contributed by atoms with Crippen molar-refractivity contribution in [3.63, 3.8) is 0 Å². The molecule has 2 heterocycles. The number of aromatic nitrogens is 1. The van der Waals surface area contributed by atoms with Crippen molar-refractivity contribution in [2.24, 2.45) is 0 Å². The van der Waals surface area contributed by atoms with Gasteiger partial charge in [-0.15, -0.1) is 0 Å². The van der Waals surface area contributed by atoms with Crippen LogP contribution in [0, 0.1) is 5.82 Å². The van der Waals surface area contributed by atoms with Gasteiger partial charge in [-0.3, -0.25) is 4.79 Å². The maximum Gasteiger partial charge on any atom is 0.407 e. The van der Waals surface area contributed by atoms with Crippen LogP contribution < -0.4 is 10.1 Å². The highest BCUT2D eigenvalue weighted by Crippen LogP contribution is 2.31. The van der Waals surface area contributed by atoms with Gasteiger partial charge in [-0.1, -0.05) is 0 Å². The van der Waals surface area contributed by atoms with E-state index >= 15 is 4.39 Å². The summed E-state index contributed by atoms with van der Waals surface area (Å²) in [5.41, 5.74) is 0.0242. The first-order valence-electron chi connectivity index (χ1n) is 11.0. The van der Waals surface area contributed by atoms with Crippen LogP contribution in [0.4, 0.5) is 9.18 Å². The number of piperidine rings is 1. The van der Waals surface area contributed by atoms with Crippen molar-refractivity contribution in [1.29, 1.82) is 0 Å². The predicted octanol–water partition coefficient (Wildman–Crippen LogP) is 3.63. The van der Waals surface area contributed by atoms with E-state index < -0.39 is 29.4 Å². The van der Waals surface area contributed by atoms with E-state index in [2.05, 4.69) is 15.2 Å². The van der Waals surface area contributed by atoms with Crippen LogP contribution in [-0.2, 0) is 14.3 Å². The van der Waals surface area contributed by atoms with E-state index in [1.54, 1.807) is 18.2 Å². The minimum Gasteiger partial charge on any atom is -0.481 e. The third-order valence-electron chi connectivity index (χ3n) is 5.62. The summed E-state index contributed by atoms with van der Waals surface area (Å²) in [5.74, 6) is -1.55. The number of esters is 1. The normalized spacial score (nSPS) is 16.3. The van der Waals surface area contributed by atoms with Crippen LogP contribution >= 0.6 is 0 Å². The molecular formula is C24H32FN3O5. The number of alkyl carbamates (subject to hydrolysis) is 1. The molecule has 9 heteroatoms. The second-order valence-corrected chi connectivity index (χ2v) is 9.18. The third-order valence-corrected chi connectivity index (χ3v) is 5.62. The average molecular weight is 462 g/mol. The van der Waals surface area contributed by atoms with Crippen molar-refractivity contribution in [3.05, 3.63) is 35.6 Å². The summed E-state index contributed by atoms with van der Waals surface area (Å²) < 4.78 is 30.6. The zero-order valence-electron chi connectivity index (χ0n) is 19.8. The lowest BCUT2D eigenvalue weighted by atomic mass is 9.93. The molecule has 0 radical (unpaired) electrons. The first-order valence-corrected chi connectivity index (χ1v) is 11.0. The average Bonchev–Trinajstić information content (AvgIpc) is 2.76. The molecular weight excluding hydrogens is 429 g/mol. The highest BCUT2D eigenvalue weighted by atomic mass is 19.1. The van der Waals surface area contributed by atoms with Gasteiger partial charge in [-0.05, 0) is 51.8 Å². The predicted molar refractivity (Wildman–Crippen MR) is 122 cm³/mol. The Morgan fingerprint density at radius 1 is 1.18 bits per heavy atom. The summed E-state index contributed by atoms with van der Waals surface area (Å²) in [5, 5.41) is 3.61. The highest BCUT2D eigenvalue weighted by molar-refractivity contribution is 5.89. The van der Waals surface area contributed by atoms with Crippen molar-refractivity contribution in [1.82, 2.24) is 15.2 Å². The molecule has 0 bridgehead atoms. The summed E-state index contributed by atoms with van der Waals surface area (Å²) in [4.78, 5) is 31.3. The van der Waals surface area contributed by atoms with Crippen LogP contribution in [0.1, 0.15) is 45.1 Å². The Kier molecular flexibility index (Phi) is 7.73. The fourth-order valence-electron chi connectivity index (χ4n) is 4.03. The third kappa shape index (κ3) is 6.31. The number of carbonyl (C=O) groups excluding carboxylic acids is 2. The number of halogens is 1. The minimum absolute atomic E-state index is 0.0205. The van der Waals surface area contributed by atoms with Gasteiger partial charge < -0.3 is 24.4 Å². The lowest BCUT2D eigenvalue weighted by Crippen LogP contribution is -2.47. The molecule has 1 fully saturated rings. The van der Waals surface area contributed by atoms with Gasteiger partial charge in [0.2, 0.25) is 5.88 Å². The van der Waals surface area contributed by atoms with Gasteiger partial charge in [0.1, 0.15) is 11.4 Å². The van der Waals surface area contributed by atoms with Gasteiger partial charge >= 0.3 is 12.1 Å². The topological polar surface area (TPSA) is 90.0 Å². The van der Waals surface area contributed by atoms with Crippen molar-refractivity contribution < 1.29 is 28.2 Å². The number of nitrogens with zero attached hydrogens (tertiary/aromatic N) is 2. The van der Waals surface area contributed by atoms with E-state index in [1.165, 1.54) is 20.3 Å². The van der Waals surface area contributed by atoms with Gasteiger partial charge in [0.25, 0.3) is 0 Å². The number of amides is 1. The standard InChI is InChI=1S/C24H32FN3O5/c1-24(2,3)33-23(30)26-16-10-12-28(13-11-16)14-17(22(29)32-5)20-18(25)8-6-15-7-9-19(31-4)27-21(15)20/h6-9,16-17H,10-14H2,1-5H3,(H,26,30). The van der Waals surface area contributed by atoms with E-state index in [-0.39, 0.29) is 18.2 Å². The fourth-order valence-corrected chi connectivity index (χ4v) is 4.03. The highest BCUT2D eigenvalue weighted by Gasteiger charge is 2.32. The van der Waals surface area contributed by atoms with Crippen LogP contribution in [0.2, 0.25) is 0 Å². The van der Waals surface area contributed by atoms with Crippen LogP contribution in [0.5, 0.6) is 5.88 Å². The number of fused-ring (bicyclic) bond motifs is 1. The molecule has 2 aromatic rings. The number of methoxy groups -OCH3 is 2.